The zero-order valence-corrected chi connectivity index (χ0v) is 13.0. The van der Waals surface area contributed by atoms with Crippen LogP contribution in [-0.2, 0) is 13.5 Å². The summed E-state index contributed by atoms with van der Waals surface area (Å²) in [6, 6.07) is 6.30. The number of nitrogens with zero attached hydrogens (tertiary/aromatic N) is 3. The van der Waals surface area contributed by atoms with Crippen molar-refractivity contribution < 1.29 is 4.74 Å². The molecular weight excluding hydrogens is 262 g/mol. The van der Waals surface area contributed by atoms with Gasteiger partial charge >= 0.3 is 0 Å². The molecule has 0 amide bonds. The fraction of sp³-hybridized carbons (Fsp3) is 0.471. The number of para-hydroxylation sites is 1. The fourth-order valence-corrected chi connectivity index (χ4v) is 2.83. The number of aryl methyl sites for hydroxylation is 3. The van der Waals surface area contributed by atoms with E-state index in [1.54, 1.807) is 0 Å². The average molecular weight is 285 g/mol. The van der Waals surface area contributed by atoms with Gasteiger partial charge in [-0.25, -0.2) is 4.98 Å². The van der Waals surface area contributed by atoms with Crippen LogP contribution in [-0.4, -0.2) is 40.2 Å². The summed E-state index contributed by atoms with van der Waals surface area (Å²) in [5.74, 6) is 2.21. The molecule has 0 radical (unpaired) electrons. The Bertz CT molecular complexity index is 594. The summed E-state index contributed by atoms with van der Waals surface area (Å²) < 4.78 is 8.23. The largest absolute Gasteiger partial charge is 0.487 e. The molecule has 0 spiro atoms. The van der Waals surface area contributed by atoms with Gasteiger partial charge in [0.2, 0.25) is 0 Å². The summed E-state index contributed by atoms with van der Waals surface area (Å²) in [5, 5.41) is 0. The van der Waals surface area contributed by atoms with Crippen LogP contribution in [0.4, 0.5) is 0 Å². The molecule has 3 rings (SSSR count). The lowest BCUT2D eigenvalue weighted by Gasteiger charge is -2.39. The normalized spacial score (nSPS) is 16.0. The smallest absolute Gasteiger partial charge is 0.125 e. The zero-order chi connectivity index (χ0) is 14.8. The van der Waals surface area contributed by atoms with Gasteiger partial charge in [-0.05, 0) is 25.0 Å². The van der Waals surface area contributed by atoms with Crippen LogP contribution in [0.25, 0.3) is 0 Å². The van der Waals surface area contributed by atoms with Gasteiger partial charge in [-0.15, -0.1) is 0 Å². The van der Waals surface area contributed by atoms with Crippen molar-refractivity contribution in [3.63, 3.8) is 0 Å². The van der Waals surface area contributed by atoms with Crippen molar-refractivity contribution in [3.05, 3.63) is 47.5 Å². The fourth-order valence-electron chi connectivity index (χ4n) is 2.83. The number of hydrogen-bond acceptors (Lipinski definition) is 3. The Morgan fingerprint density at radius 2 is 1.95 bits per heavy atom. The van der Waals surface area contributed by atoms with Crippen LogP contribution in [0.3, 0.4) is 0 Å². The molecule has 1 aromatic carbocycles. The van der Waals surface area contributed by atoms with Crippen molar-refractivity contribution in [1.29, 1.82) is 0 Å². The maximum Gasteiger partial charge on any atom is 0.125 e. The summed E-state index contributed by atoms with van der Waals surface area (Å²) in [7, 11) is 2.05. The molecule has 0 aliphatic carbocycles. The summed E-state index contributed by atoms with van der Waals surface area (Å²) in [5.41, 5.74) is 2.45. The monoisotopic (exact) mass is 285 g/mol. The minimum Gasteiger partial charge on any atom is -0.487 e. The molecule has 0 N–H and O–H groups in total. The molecule has 2 heterocycles. The first-order chi connectivity index (χ1) is 10.1. The molecule has 1 aliphatic heterocycles. The molecule has 1 aliphatic rings. The topological polar surface area (TPSA) is 30.3 Å². The van der Waals surface area contributed by atoms with Crippen molar-refractivity contribution in [2.24, 2.45) is 7.05 Å². The van der Waals surface area contributed by atoms with E-state index >= 15 is 0 Å². The molecule has 21 heavy (non-hydrogen) atoms. The second-order valence-corrected chi connectivity index (χ2v) is 5.92. The molecule has 1 saturated heterocycles. The maximum absolute atomic E-state index is 6.14. The highest BCUT2D eigenvalue weighted by atomic mass is 16.5. The van der Waals surface area contributed by atoms with Gasteiger partial charge in [-0.2, -0.15) is 0 Å². The van der Waals surface area contributed by atoms with E-state index in [4.69, 9.17) is 4.74 Å². The highest BCUT2D eigenvalue weighted by molar-refractivity contribution is 5.40. The van der Waals surface area contributed by atoms with Crippen LogP contribution in [0.2, 0.25) is 0 Å². The zero-order valence-electron chi connectivity index (χ0n) is 13.0. The maximum atomic E-state index is 6.14. The minimum absolute atomic E-state index is 0.325. The van der Waals surface area contributed by atoms with E-state index in [0.717, 1.165) is 37.6 Å². The Labute approximate surface area is 126 Å². The quantitative estimate of drug-likeness (QED) is 0.845. The average Bonchev–Trinajstić information content (AvgIpc) is 2.81. The van der Waals surface area contributed by atoms with E-state index in [2.05, 4.69) is 46.5 Å². The first-order valence-electron chi connectivity index (χ1n) is 7.55. The Morgan fingerprint density at radius 3 is 2.57 bits per heavy atom. The van der Waals surface area contributed by atoms with Crippen molar-refractivity contribution >= 4 is 0 Å². The number of likely N-dealkylation sites (tertiary alicyclic amines) is 1. The summed E-state index contributed by atoms with van der Waals surface area (Å²) in [6.45, 7) is 7.30. The lowest BCUT2D eigenvalue weighted by molar-refractivity contribution is 0.0197. The molecular formula is C17H23N3O. The van der Waals surface area contributed by atoms with Crippen molar-refractivity contribution in [2.45, 2.75) is 26.4 Å². The summed E-state index contributed by atoms with van der Waals surface area (Å²) in [4.78, 5) is 6.78. The molecule has 0 atom stereocenters. The predicted octanol–water partition coefficient (Wildman–Crippen LogP) is 2.34. The molecule has 1 aromatic heterocycles. The van der Waals surface area contributed by atoms with E-state index in [9.17, 15) is 0 Å². The third-order valence-corrected chi connectivity index (χ3v) is 4.19. The van der Waals surface area contributed by atoms with Gasteiger partial charge in [0, 0.05) is 45.5 Å². The number of benzene rings is 1. The van der Waals surface area contributed by atoms with Crippen LogP contribution in [0, 0.1) is 13.8 Å². The van der Waals surface area contributed by atoms with Crippen LogP contribution >= 0.6 is 0 Å². The van der Waals surface area contributed by atoms with Crippen molar-refractivity contribution in [3.8, 4) is 5.75 Å². The van der Waals surface area contributed by atoms with Crippen LogP contribution in [0.15, 0.2) is 30.6 Å². The highest BCUT2D eigenvalue weighted by Gasteiger charge is 2.28. The Balaban J connectivity index is 1.47. The van der Waals surface area contributed by atoms with Gasteiger partial charge in [-0.1, -0.05) is 18.2 Å². The summed E-state index contributed by atoms with van der Waals surface area (Å²) in [6.07, 6.45) is 5.18. The Hall–Kier alpha value is -1.81. The molecule has 4 heteroatoms. The molecule has 0 saturated carbocycles. The van der Waals surface area contributed by atoms with E-state index in [1.165, 1.54) is 11.1 Å². The van der Waals surface area contributed by atoms with Crippen LogP contribution in [0.5, 0.6) is 5.75 Å². The second-order valence-electron chi connectivity index (χ2n) is 5.92. The van der Waals surface area contributed by atoms with Gasteiger partial charge in [0.25, 0.3) is 0 Å². The van der Waals surface area contributed by atoms with Gasteiger partial charge < -0.3 is 9.30 Å². The van der Waals surface area contributed by atoms with Crippen molar-refractivity contribution in [2.75, 3.05) is 19.6 Å². The first-order valence-corrected chi connectivity index (χ1v) is 7.55. The molecule has 4 nitrogen and oxygen atoms in total. The second kappa shape index (κ2) is 5.90. The number of rotatable bonds is 5. The van der Waals surface area contributed by atoms with Gasteiger partial charge in [-0.3, -0.25) is 4.90 Å². The third-order valence-electron chi connectivity index (χ3n) is 4.19. The third kappa shape index (κ3) is 3.10. The van der Waals surface area contributed by atoms with E-state index in [0.29, 0.717) is 6.10 Å². The first kappa shape index (κ1) is 14.1. The standard InChI is InChI=1S/C17H23N3O/c1-13-5-4-6-14(2)17(13)21-15-11-20(12-15)9-7-16-18-8-10-19(16)3/h4-6,8,10,15H,7,9,11-12H2,1-3H3. The lowest BCUT2D eigenvalue weighted by Crippen LogP contribution is -2.54. The SMILES string of the molecule is Cc1cccc(C)c1OC1CN(CCc2nccn2C)C1. The van der Waals surface area contributed by atoms with Crippen LogP contribution < -0.4 is 4.74 Å². The van der Waals surface area contributed by atoms with E-state index in [1.807, 2.05) is 19.4 Å². The van der Waals surface area contributed by atoms with Gasteiger partial charge in [0.1, 0.15) is 17.7 Å². The molecule has 112 valence electrons. The number of imidazole rings is 1. The highest BCUT2D eigenvalue weighted by Crippen LogP contribution is 2.25. The van der Waals surface area contributed by atoms with E-state index < -0.39 is 0 Å². The summed E-state index contributed by atoms with van der Waals surface area (Å²) >= 11 is 0. The Morgan fingerprint density at radius 1 is 1.24 bits per heavy atom. The number of hydrogen-bond donors (Lipinski definition) is 0. The molecule has 1 fully saturated rings. The van der Waals surface area contributed by atoms with E-state index in [-0.39, 0.29) is 0 Å². The number of ether oxygens (including phenoxy) is 1. The van der Waals surface area contributed by atoms with Gasteiger partial charge in [0.15, 0.2) is 0 Å². The predicted molar refractivity (Wildman–Crippen MR) is 83.7 cm³/mol. The molecule has 2 aromatic rings. The van der Waals surface area contributed by atoms with Gasteiger partial charge in [0.05, 0.1) is 0 Å². The van der Waals surface area contributed by atoms with Crippen molar-refractivity contribution in [1.82, 2.24) is 14.5 Å². The molecule has 0 unspecified atom stereocenters. The van der Waals surface area contributed by atoms with Crippen LogP contribution in [0.1, 0.15) is 17.0 Å². The minimum atomic E-state index is 0.325. The lowest BCUT2D eigenvalue weighted by atomic mass is 10.1. The Kier molecular flexibility index (Phi) is 3.97. The number of aromatic nitrogens is 2. The molecule has 0 bridgehead atoms.